The fourth-order valence-corrected chi connectivity index (χ4v) is 4.92. The van der Waals surface area contributed by atoms with E-state index >= 15 is 0 Å². The summed E-state index contributed by atoms with van der Waals surface area (Å²) < 4.78 is 25.9. The van der Waals surface area contributed by atoms with Crippen LogP contribution < -0.4 is 10.2 Å². The first-order chi connectivity index (χ1) is 12.9. The Morgan fingerprint density at radius 3 is 2.78 bits per heavy atom. The summed E-state index contributed by atoms with van der Waals surface area (Å²) in [6, 6.07) is 14.4. The van der Waals surface area contributed by atoms with Crippen LogP contribution in [0.2, 0.25) is 5.02 Å². The van der Waals surface area contributed by atoms with Crippen molar-refractivity contribution < 1.29 is 8.42 Å². The van der Waals surface area contributed by atoms with E-state index in [-0.39, 0.29) is 9.79 Å². The first kappa shape index (κ1) is 18.2. The third-order valence-corrected chi connectivity index (χ3v) is 6.74. The second-order valence-corrected chi connectivity index (χ2v) is 9.20. The zero-order valence-electron chi connectivity index (χ0n) is 14.9. The number of benzene rings is 2. The lowest BCUT2D eigenvalue weighted by molar-refractivity contribution is 0.485. The lowest BCUT2D eigenvalue weighted by atomic mass is 10.1. The molecule has 1 aliphatic heterocycles. The summed E-state index contributed by atoms with van der Waals surface area (Å²) in [4.78, 5) is 7.00. The summed E-state index contributed by atoms with van der Waals surface area (Å²) in [6.07, 6.45) is 1.41. The molecule has 7 heteroatoms. The third kappa shape index (κ3) is 3.65. The quantitative estimate of drug-likeness (QED) is 0.727. The Morgan fingerprint density at radius 2 is 2.00 bits per heavy atom. The molecule has 0 saturated carbocycles. The van der Waals surface area contributed by atoms with Crippen molar-refractivity contribution in [2.24, 2.45) is 0 Å². The number of rotatable bonds is 3. The molecule has 1 saturated heterocycles. The molecular weight excluding hydrogens is 382 g/mol. The molecule has 1 atom stereocenters. The highest BCUT2D eigenvalue weighted by atomic mass is 35.5. The van der Waals surface area contributed by atoms with Gasteiger partial charge >= 0.3 is 0 Å². The molecule has 1 N–H and O–H groups in total. The van der Waals surface area contributed by atoms with Crippen LogP contribution in [0.1, 0.15) is 6.92 Å². The van der Waals surface area contributed by atoms with E-state index in [9.17, 15) is 8.42 Å². The summed E-state index contributed by atoms with van der Waals surface area (Å²) in [6.45, 7) is 4.92. The molecule has 0 radical (unpaired) electrons. The summed E-state index contributed by atoms with van der Waals surface area (Å²) in [7, 11) is -3.67. The first-order valence-electron chi connectivity index (χ1n) is 8.82. The monoisotopic (exact) mass is 401 g/mol. The SMILES string of the molecule is C[C@H]1CN(c2ccc3ncc(S(=O)(=O)c4cccc(Cl)c4)cc3c2)CCN1. The number of sulfone groups is 1. The van der Waals surface area contributed by atoms with Crippen molar-refractivity contribution in [3.05, 3.63) is 59.8 Å². The zero-order chi connectivity index (χ0) is 19.0. The van der Waals surface area contributed by atoms with Crippen molar-refractivity contribution >= 4 is 38.0 Å². The lowest BCUT2D eigenvalue weighted by Crippen LogP contribution is -2.49. The second kappa shape index (κ2) is 7.11. The summed E-state index contributed by atoms with van der Waals surface area (Å²) in [5.74, 6) is 0. The zero-order valence-corrected chi connectivity index (χ0v) is 16.5. The van der Waals surface area contributed by atoms with Crippen LogP contribution in [0.25, 0.3) is 10.9 Å². The summed E-state index contributed by atoms with van der Waals surface area (Å²) in [5, 5.41) is 4.62. The van der Waals surface area contributed by atoms with E-state index in [4.69, 9.17) is 11.6 Å². The Bertz CT molecular complexity index is 1100. The highest BCUT2D eigenvalue weighted by molar-refractivity contribution is 7.91. The predicted octanol–water partition coefficient (Wildman–Crippen LogP) is 3.52. The molecule has 0 aliphatic carbocycles. The van der Waals surface area contributed by atoms with E-state index in [0.717, 1.165) is 36.2 Å². The average molecular weight is 402 g/mol. The maximum absolute atomic E-state index is 12.9. The number of halogens is 1. The van der Waals surface area contributed by atoms with Crippen molar-refractivity contribution in [2.75, 3.05) is 24.5 Å². The second-order valence-electron chi connectivity index (χ2n) is 6.81. The number of nitrogens with zero attached hydrogens (tertiary/aromatic N) is 2. The van der Waals surface area contributed by atoms with Crippen molar-refractivity contribution in [1.82, 2.24) is 10.3 Å². The summed E-state index contributed by atoms with van der Waals surface area (Å²) >= 11 is 5.96. The van der Waals surface area contributed by atoms with Crippen LogP contribution in [0, 0.1) is 0 Å². The molecule has 1 aromatic heterocycles. The van der Waals surface area contributed by atoms with Crippen molar-refractivity contribution in [3.63, 3.8) is 0 Å². The van der Waals surface area contributed by atoms with Gasteiger partial charge < -0.3 is 10.2 Å². The van der Waals surface area contributed by atoms with Crippen molar-refractivity contribution in [2.45, 2.75) is 22.8 Å². The standard InChI is InChI=1S/C20H20ClN3O2S/c1-14-13-24(8-7-22-14)17-5-6-20-15(9-17)10-19(12-23-20)27(25,26)18-4-2-3-16(21)11-18/h2-6,9-12,14,22H,7-8,13H2,1H3/t14-/m0/s1. The molecule has 27 heavy (non-hydrogen) atoms. The fraction of sp³-hybridized carbons (Fsp3) is 0.250. The van der Waals surface area contributed by atoms with Gasteiger partial charge in [-0.2, -0.15) is 0 Å². The van der Waals surface area contributed by atoms with Gasteiger partial charge in [0.25, 0.3) is 0 Å². The number of fused-ring (bicyclic) bond motifs is 1. The number of aromatic nitrogens is 1. The maximum atomic E-state index is 12.9. The molecule has 1 aliphatic rings. The first-order valence-corrected chi connectivity index (χ1v) is 10.7. The minimum absolute atomic E-state index is 0.170. The Morgan fingerprint density at radius 1 is 1.15 bits per heavy atom. The van der Waals surface area contributed by atoms with E-state index in [2.05, 4.69) is 22.1 Å². The van der Waals surface area contributed by atoms with E-state index < -0.39 is 9.84 Å². The molecule has 3 aromatic rings. The van der Waals surface area contributed by atoms with E-state index in [1.807, 2.05) is 18.2 Å². The molecule has 0 bridgehead atoms. The highest BCUT2D eigenvalue weighted by Crippen LogP contribution is 2.27. The number of piperazine rings is 1. The fourth-order valence-electron chi connectivity index (χ4n) is 3.38. The van der Waals surface area contributed by atoms with Crippen LogP contribution in [-0.2, 0) is 9.84 Å². The molecule has 0 unspecified atom stereocenters. The topological polar surface area (TPSA) is 62.3 Å². The van der Waals surface area contributed by atoms with Gasteiger partial charge in [0.2, 0.25) is 9.84 Å². The molecule has 140 valence electrons. The predicted molar refractivity (Wildman–Crippen MR) is 108 cm³/mol. The highest BCUT2D eigenvalue weighted by Gasteiger charge is 2.20. The van der Waals surface area contributed by atoms with Gasteiger partial charge in [-0.1, -0.05) is 17.7 Å². The molecule has 0 amide bonds. The number of anilines is 1. The summed E-state index contributed by atoms with van der Waals surface area (Å²) in [5.41, 5.74) is 1.85. The van der Waals surface area contributed by atoms with E-state index in [0.29, 0.717) is 11.1 Å². The van der Waals surface area contributed by atoms with Gasteiger partial charge in [0.1, 0.15) is 0 Å². The Labute approximate surface area is 163 Å². The third-order valence-electron chi connectivity index (χ3n) is 4.79. The lowest BCUT2D eigenvalue weighted by Gasteiger charge is -2.33. The number of nitrogens with one attached hydrogen (secondary N) is 1. The van der Waals surface area contributed by atoms with Gasteiger partial charge in [0.05, 0.1) is 15.3 Å². The van der Waals surface area contributed by atoms with Crippen molar-refractivity contribution in [3.8, 4) is 0 Å². The molecule has 0 spiro atoms. The molecule has 4 rings (SSSR count). The molecule has 1 fully saturated rings. The van der Waals surface area contributed by atoms with Crippen LogP contribution in [-0.4, -0.2) is 39.1 Å². The van der Waals surface area contributed by atoms with Gasteiger partial charge in [-0.05, 0) is 49.4 Å². The normalized spacial score (nSPS) is 18.0. The maximum Gasteiger partial charge on any atom is 0.208 e. The number of hydrogen-bond acceptors (Lipinski definition) is 5. The molecular formula is C20H20ClN3O2S. The Hall–Kier alpha value is -2.15. The van der Waals surface area contributed by atoms with Crippen molar-refractivity contribution in [1.29, 1.82) is 0 Å². The minimum atomic E-state index is -3.67. The van der Waals surface area contributed by atoms with Gasteiger partial charge in [0, 0.05) is 48.0 Å². The molecule has 5 nitrogen and oxygen atoms in total. The largest absolute Gasteiger partial charge is 0.369 e. The molecule has 2 aromatic carbocycles. The molecule has 2 heterocycles. The van der Waals surface area contributed by atoms with Crippen LogP contribution >= 0.6 is 11.6 Å². The van der Waals surface area contributed by atoms with E-state index in [1.54, 1.807) is 24.3 Å². The minimum Gasteiger partial charge on any atom is -0.369 e. The van der Waals surface area contributed by atoms with Crippen LogP contribution in [0.15, 0.2) is 64.5 Å². The van der Waals surface area contributed by atoms with Gasteiger partial charge in [-0.3, -0.25) is 4.98 Å². The smallest absolute Gasteiger partial charge is 0.208 e. The van der Waals surface area contributed by atoms with Crippen LogP contribution in [0.5, 0.6) is 0 Å². The van der Waals surface area contributed by atoms with Gasteiger partial charge in [-0.15, -0.1) is 0 Å². The van der Waals surface area contributed by atoms with Gasteiger partial charge in [0.15, 0.2) is 0 Å². The van der Waals surface area contributed by atoms with Crippen LogP contribution in [0.3, 0.4) is 0 Å². The number of pyridine rings is 1. The van der Waals surface area contributed by atoms with E-state index in [1.165, 1.54) is 12.3 Å². The number of hydrogen-bond donors (Lipinski definition) is 1. The Balaban J connectivity index is 1.75. The average Bonchev–Trinajstić information content (AvgIpc) is 2.67. The Kier molecular flexibility index (Phi) is 4.80. The van der Waals surface area contributed by atoms with Gasteiger partial charge in [-0.25, -0.2) is 8.42 Å². The van der Waals surface area contributed by atoms with Crippen LogP contribution in [0.4, 0.5) is 5.69 Å².